The van der Waals surface area contributed by atoms with E-state index in [0.29, 0.717) is 48.8 Å². The summed E-state index contributed by atoms with van der Waals surface area (Å²) >= 11 is 0. The van der Waals surface area contributed by atoms with Gasteiger partial charge in [0.2, 0.25) is 0 Å². The van der Waals surface area contributed by atoms with Crippen LogP contribution in [0.1, 0.15) is 75.5 Å². The zero-order valence-electron chi connectivity index (χ0n) is 23.0. The average Bonchev–Trinajstić information content (AvgIpc) is 3.13. The van der Waals surface area contributed by atoms with Crippen molar-refractivity contribution in [3.63, 3.8) is 0 Å². The summed E-state index contributed by atoms with van der Waals surface area (Å²) in [6.45, 7) is 3.88. The van der Waals surface area contributed by atoms with E-state index in [4.69, 9.17) is 0 Å². The van der Waals surface area contributed by atoms with E-state index >= 15 is 0 Å². The molecule has 0 spiro atoms. The topological polar surface area (TPSA) is 40.5 Å². The molecule has 0 radical (unpaired) electrons. The van der Waals surface area contributed by atoms with E-state index in [1.807, 2.05) is 31.2 Å². The molecule has 1 saturated heterocycles. The van der Waals surface area contributed by atoms with E-state index < -0.39 is 17.7 Å². The second-order valence-electron chi connectivity index (χ2n) is 10.8. The van der Waals surface area contributed by atoms with Crippen LogP contribution >= 0.6 is 0 Å². The summed E-state index contributed by atoms with van der Waals surface area (Å²) in [6, 6.07) is 17.3. The Morgan fingerprint density at radius 2 is 1.71 bits per heavy atom. The summed E-state index contributed by atoms with van der Waals surface area (Å²) < 4.78 is 55.6. The Balaban J connectivity index is 1.62. The van der Waals surface area contributed by atoms with Crippen molar-refractivity contribution in [1.82, 2.24) is 4.90 Å². The van der Waals surface area contributed by atoms with Crippen molar-refractivity contribution in [2.75, 3.05) is 26.3 Å². The highest BCUT2D eigenvalue weighted by Gasteiger charge is 2.35. The SMILES string of the molecule is CCc1ccc(C2=C(c3ccc(C=C4CN(CCCF)C4)cc3)c3ccc(C(=O)O)cc3CCC2)c(C(F)(F)F)c1. The van der Waals surface area contributed by atoms with Crippen molar-refractivity contribution in [3.05, 3.63) is 111 Å². The number of rotatable bonds is 8. The number of hydrogen-bond acceptors (Lipinski definition) is 2. The normalized spacial score (nSPS) is 15.8. The number of carboxylic acid groups (broad SMARTS) is 1. The Morgan fingerprint density at radius 1 is 0.976 bits per heavy atom. The average molecular weight is 564 g/mol. The van der Waals surface area contributed by atoms with Gasteiger partial charge in [0.1, 0.15) is 0 Å². The van der Waals surface area contributed by atoms with Crippen LogP contribution in [0.4, 0.5) is 17.6 Å². The monoisotopic (exact) mass is 563 g/mol. The molecule has 3 aromatic carbocycles. The fourth-order valence-electron chi connectivity index (χ4n) is 5.87. The molecule has 1 fully saturated rings. The van der Waals surface area contributed by atoms with Gasteiger partial charge in [-0.3, -0.25) is 9.29 Å². The lowest BCUT2D eigenvalue weighted by Gasteiger charge is -2.33. The molecule has 2 aliphatic rings. The molecule has 5 rings (SSSR count). The number of benzene rings is 3. The Morgan fingerprint density at radius 3 is 2.37 bits per heavy atom. The predicted molar refractivity (Wildman–Crippen MR) is 155 cm³/mol. The molecule has 3 aromatic rings. The second-order valence-corrected chi connectivity index (χ2v) is 10.8. The minimum Gasteiger partial charge on any atom is -0.478 e. The Labute approximate surface area is 237 Å². The van der Waals surface area contributed by atoms with Gasteiger partial charge < -0.3 is 5.11 Å². The molecular weight excluding hydrogens is 530 g/mol. The molecule has 7 heteroatoms. The number of carbonyl (C=O) groups is 1. The minimum absolute atomic E-state index is 0.165. The number of aryl methyl sites for hydroxylation is 2. The van der Waals surface area contributed by atoms with Gasteiger partial charge in [0.05, 0.1) is 17.8 Å². The second kappa shape index (κ2) is 12.0. The van der Waals surface area contributed by atoms with Gasteiger partial charge in [0.25, 0.3) is 0 Å². The summed E-state index contributed by atoms with van der Waals surface area (Å²) in [5.41, 5.74) is 6.29. The van der Waals surface area contributed by atoms with Crippen molar-refractivity contribution < 1.29 is 27.5 Å². The van der Waals surface area contributed by atoms with Crippen molar-refractivity contribution in [2.45, 2.75) is 45.2 Å². The maximum absolute atomic E-state index is 14.4. The van der Waals surface area contributed by atoms with Crippen LogP contribution in [0.5, 0.6) is 0 Å². The zero-order chi connectivity index (χ0) is 29.1. The van der Waals surface area contributed by atoms with Crippen LogP contribution in [-0.2, 0) is 19.0 Å². The van der Waals surface area contributed by atoms with Gasteiger partial charge in [0, 0.05) is 19.6 Å². The van der Waals surface area contributed by atoms with E-state index in [1.165, 1.54) is 17.7 Å². The largest absolute Gasteiger partial charge is 0.478 e. The fourth-order valence-corrected chi connectivity index (χ4v) is 5.87. The number of fused-ring (bicyclic) bond motifs is 1. The van der Waals surface area contributed by atoms with Crippen LogP contribution < -0.4 is 0 Å². The van der Waals surface area contributed by atoms with Crippen LogP contribution in [0.3, 0.4) is 0 Å². The summed E-state index contributed by atoms with van der Waals surface area (Å²) in [4.78, 5) is 13.9. The molecule has 0 amide bonds. The third kappa shape index (κ3) is 6.30. The van der Waals surface area contributed by atoms with Gasteiger partial charge in [-0.15, -0.1) is 0 Å². The van der Waals surface area contributed by atoms with Gasteiger partial charge in [-0.25, -0.2) is 4.79 Å². The molecule has 0 saturated carbocycles. The van der Waals surface area contributed by atoms with Crippen molar-refractivity contribution in [3.8, 4) is 0 Å². The van der Waals surface area contributed by atoms with E-state index in [2.05, 4.69) is 11.0 Å². The highest BCUT2D eigenvalue weighted by Crippen LogP contribution is 2.44. The molecule has 3 nitrogen and oxygen atoms in total. The van der Waals surface area contributed by atoms with Crippen molar-refractivity contribution in [1.29, 1.82) is 0 Å². The smallest absolute Gasteiger partial charge is 0.417 e. The standard InChI is InChI=1S/C34H33F4NO2/c1-2-22-9-13-29(31(18-22)34(36,37)38)30-6-3-5-26-19-27(33(40)41)12-14-28(26)32(30)25-10-7-23(8-11-25)17-24-20-39(21-24)16-4-15-35/h7-14,17-19H,2-6,15-16,20-21H2,1H3,(H,40,41). The molecule has 0 aromatic heterocycles. The molecule has 214 valence electrons. The van der Waals surface area contributed by atoms with Crippen LogP contribution in [0, 0.1) is 0 Å². The summed E-state index contributed by atoms with van der Waals surface area (Å²) in [7, 11) is 0. The van der Waals surface area contributed by atoms with E-state index in [-0.39, 0.29) is 17.8 Å². The highest BCUT2D eigenvalue weighted by molar-refractivity contribution is 6.01. The Bertz CT molecular complexity index is 1490. The fraction of sp³-hybridized carbons (Fsp3) is 0.324. The third-order valence-electron chi connectivity index (χ3n) is 7.95. The summed E-state index contributed by atoms with van der Waals surface area (Å²) in [6.07, 6.45) is 0.230. The first kappa shape index (κ1) is 28.8. The molecule has 1 N–H and O–H groups in total. The molecular formula is C34H33F4NO2. The first-order valence-electron chi connectivity index (χ1n) is 14.1. The summed E-state index contributed by atoms with van der Waals surface area (Å²) in [5, 5.41) is 9.57. The number of alkyl halides is 4. The maximum atomic E-state index is 14.4. The van der Waals surface area contributed by atoms with Gasteiger partial charge in [-0.05, 0) is 100 Å². The molecule has 0 atom stereocenters. The van der Waals surface area contributed by atoms with Gasteiger partial charge >= 0.3 is 12.1 Å². The van der Waals surface area contributed by atoms with E-state index in [1.54, 1.807) is 24.3 Å². The number of allylic oxidation sites excluding steroid dienone is 1. The van der Waals surface area contributed by atoms with Crippen LogP contribution in [0.25, 0.3) is 17.2 Å². The van der Waals surface area contributed by atoms with Gasteiger partial charge in [-0.2, -0.15) is 13.2 Å². The van der Waals surface area contributed by atoms with Crippen LogP contribution in [-0.4, -0.2) is 42.3 Å². The van der Waals surface area contributed by atoms with Crippen LogP contribution in [0.15, 0.2) is 66.2 Å². The van der Waals surface area contributed by atoms with Crippen molar-refractivity contribution >= 4 is 23.2 Å². The number of carboxylic acids is 1. The van der Waals surface area contributed by atoms with Gasteiger partial charge in [0.15, 0.2) is 0 Å². The lowest BCUT2D eigenvalue weighted by atomic mass is 9.85. The molecule has 0 bridgehead atoms. The number of likely N-dealkylation sites (tertiary alicyclic amines) is 1. The number of hydrogen-bond donors (Lipinski definition) is 1. The quantitative estimate of drug-likeness (QED) is 0.280. The van der Waals surface area contributed by atoms with Crippen LogP contribution in [0.2, 0.25) is 0 Å². The number of aromatic carboxylic acids is 1. The Kier molecular flexibility index (Phi) is 8.45. The first-order chi connectivity index (χ1) is 19.7. The highest BCUT2D eigenvalue weighted by atomic mass is 19.4. The number of nitrogens with zero attached hydrogens (tertiary/aromatic N) is 1. The minimum atomic E-state index is -4.52. The van der Waals surface area contributed by atoms with E-state index in [9.17, 15) is 27.5 Å². The van der Waals surface area contributed by atoms with Gasteiger partial charge in [-0.1, -0.05) is 55.5 Å². The number of halogens is 4. The molecule has 1 aliphatic carbocycles. The zero-order valence-corrected chi connectivity index (χ0v) is 23.0. The molecule has 41 heavy (non-hydrogen) atoms. The molecule has 1 heterocycles. The summed E-state index contributed by atoms with van der Waals surface area (Å²) in [5.74, 6) is -1.03. The first-order valence-corrected chi connectivity index (χ1v) is 14.1. The lowest BCUT2D eigenvalue weighted by Crippen LogP contribution is -2.40. The lowest BCUT2D eigenvalue weighted by molar-refractivity contribution is -0.137. The maximum Gasteiger partial charge on any atom is 0.417 e. The van der Waals surface area contributed by atoms with Crippen molar-refractivity contribution in [2.24, 2.45) is 0 Å². The van der Waals surface area contributed by atoms with E-state index in [0.717, 1.165) is 41.9 Å². The predicted octanol–water partition coefficient (Wildman–Crippen LogP) is 8.32. The molecule has 1 aliphatic heterocycles. The third-order valence-corrected chi connectivity index (χ3v) is 7.95. The Hall–Kier alpha value is -3.71. The molecule has 0 unspecified atom stereocenters.